The summed E-state index contributed by atoms with van der Waals surface area (Å²) in [5.41, 5.74) is 5.25. The Morgan fingerprint density at radius 2 is 2.17 bits per heavy atom. The molecule has 1 amide bonds. The summed E-state index contributed by atoms with van der Waals surface area (Å²) in [5.74, 6) is -1.06. The number of hydrogen-bond acceptors (Lipinski definition) is 4. The summed E-state index contributed by atoms with van der Waals surface area (Å²) in [6.07, 6.45) is 1.50. The second-order valence-corrected chi connectivity index (χ2v) is 4.42. The highest BCUT2D eigenvalue weighted by molar-refractivity contribution is 5.94. The van der Waals surface area contributed by atoms with Crippen LogP contribution in [-0.4, -0.2) is 35.1 Å². The van der Waals surface area contributed by atoms with Crippen molar-refractivity contribution in [1.82, 2.24) is 4.98 Å². The number of carbonyl (C=O) groups is 2. The van der Waals surface area contributed by atoms with E-state index in [1.54, 1.807) is 11.0 Å². The number of rotatable bonds is 6. The average Bonchev–Trinajstić information content (AvgIpc) is 2.26. The number of carbonyl (C=O) groups excluding carboxylic acids is 1. The lowest BCUT2D eigenvalue weighted by Gasteiger charge is -2.25. The molecule has 0 aliphatic carbocycles. The number of anilines is 1. The van der Waals surface area contributed by atoms with Crippen molar-refractivity contribution in [2.45, 2.75) is 13.8 Å². The van der Waals surface area contributed by atoms with Crippen LogP contribution in [0.15, 0.2) is 18.3 Å². The van der Waals surface area contributed by atoms with Gasteiger partial charge in [-0.05, 0) is 18.1 Å². The number of hydrogen-bond donors (Lipinski definition) is 2. The van der Waals surface area contributed by atoms with E-state index in [0.717, 1.165) is 0 Å². The van der Waals surface area contributed by atoms with Gasteiger partial charge in [0.05, 0.1) is 6.54 Å². The van der Waals surface area contributed by atoms with Crippen molar-refractivity contribution in [2.24, 2.45) is 11.7 Å². The molecule has 0 aliphatic heterocycles. The largest absolute Gasteiger partial charge is 0.478 e. The van der Waals surface area contributed by atoms with Crippen LogP contribution in [-0.2, 0) is 4.79 Å². The summed E-state index contributed by atoms with van der Waals surface area (Å²) < 4.78 is 0. The SMILES string of the molecule is CC(C)CN(CC(N)=O)c1ncccc1C(=O)O. The van der Waals surface area contributed by atoms with Gasteiger partial charge < -0.3 is 15.7 Å². The third-order valence-corrected chi connectivity index (χ3v) is 2.25. The second-order valence-electron chi connectivity index (χ2n) is 4.42. The highest BCUT2D eigenvalue weighted by Crippen LogP contribution is 2.18. The fourth-order valence-electron chi connectivity index (χ4n) is 1.67. The Kier molecular flexibility index (Phi) is 4.65. The minimum Gasteiger partial charge on any atom is -0.478 e. The van der Waals surface area contributed by atoms with E-state index < -0.39 is 11.9 Å². The van der Waals surface area contributed by atoms with Crippen molar-refractivity contribution in [1.29, 1.82) is 0 Å². The number of pyridine rings is 1. The number of nitrogens with zero attached hydrogens (tertiary/aromatic N) is 2. The predicted octanol–water partition coefficient (Wildman–Crippen LogP) is 0.727. The predicted molar refractivity (Wildman–Crippen MR) is 67.4 cm³/mol. The van der Waals surface area contributed by atoms with Crippen molar-refractivity contribution >= 4 is 17.7 Å². The van der Waals surface area contributed by atoms with E-state index in [2.05, 4.69) is 4.98 Å². The molecule has 0 saturated carbocycles. The van der Waals surface area contributed by atoms with Crippen LogP contribution in [0.4, 0.5) is 5.82 Å². The van der Waals surface area contributed by atoms with E-state index in [0.29, 0.717) is 6.54 Å². The van der Waals surface area contributed by atoms with Crippen molar-refractivity contribution in [3.05, 3.63) is 23.9 Å². The van der Waals surface area contributed by atoms with Crippen LogP contribution in [0.5, 0.6) is 0 Å². The first-order chi connectivity index (χ1) is 8.41. The molecule has 98 valence electrons. The number of aromatic nitrogens is 1. The van der Waals surface area contributed by atoms with E-state index in [9.17, 15) is 9.59 Å². The minimum atomic E-state index is -1.07. The summed E-state index contributed by atoms with van der Waals surface area (Å²) in [5, 5.41) is 9.10. The average molecular weight is 251 g/mol. The van der Waals surface area contributed by atoms with E-state index >= 15 is 0 Å². The number of carboxylic acids is 1. The van der Waals surface area contributed by atoms with E-state index in [4.69, 9.17) is 10.8 Å². The molecule has 1 rings (SSSR count). The molecule has 0 unspecified atom stereocenters. The van der Waals surface area contributed by atoms with Crippen LogP contribution in [0, 0.1) is 5.92 Å². The number of amides is 1. The first-order valence-corrected chi connectivity index (χ1v) is 5.63. The van der Waals surface area contributed by atoms with Crippen LogP contribution in [0.1, 0.15) is 24.2 Å². The number of aromatic carboxylic acids is 1. The molecular formula is C12H17N3O3. The molecule has 0 aliphatic rings. The van der Waals surface area contributed by atoms with E-state index in [1.807, 2.05) is 13.8 Å². The van der Waals surface area contributed by atoms with Gasteiger partial charge in [0.2, 0.25) is 5.91 Å². The quantitative estimate of drug-likeness (QED) is 0.776. The third-order valence-electron chi connectivity index (χ3n) is 2.25. The molecule has 1 heterocycles. The molecule has 6 heteroatoms. The van der Waals surface area contributed by atoms with Gasteiger partial charge in [0, 0.05) is 12.7 Å². The van der Waals surface area contributed by atoms with Gasteiger partial charge in [-0.25, -0.2) is 9.78 Å². The molecule has 0 spiro atoms. The van der Waals surface area contributed by atoms with Crippen LogP contribution >= 0.6 is 0 Å². The molecule has 6 nitrogen and oxygen atoms in total. The summed E-state index contributed by atoms with van der Waals surface area (Å²) >= 11 is 0. The first-order valence-electron chi connectivity index (χ1n) is 5.63. The molecule has 0 atom stereocenters. The smallest absolute Gasteiger partial charge is 0.339 e. The number of carboxylic acid groups (broad SMARTS) is 1. The van der Waals surface area contributed by atoms with Crippen LogP contribution in [0.2, 0.25) is 0 Å². The fourth-order valence-corrected chi connectivity index (χ4v) is 1.67. The Bertz CT molecular complexity index is 446. The summed E-state index contributed by atoms with van der Waals surface area (Å²) in [7, 11) is 0. The molecule has 0 bridgehead atoms. The molecule has 3 N–H and O–H groups in total. The normalized spacial score (nSPS) is 10.4. The topological polar surface area (TPSA) is 96.5 Å². The van der Waals surface area contributed by atoms with Gasteiger partial charge in [-0.1, -0.05) is 13.8 Å². The van der Waals surface area contributed by atoms with Gasteiger partial charge in [-0.3, -0.25) is 4.79 Å². The van der Waals surface area contributed by atoms with Crippen LogP contribution < -0.4 is 10.6 Å². The maximum absolute atomic E-state index is 11.1. The maximum Gasteiger partial charge on any atom is 0.339 e. The molecular weight excluding hydrogens is 234 g/mol. The Labute approximate surface area is 105 Å². The number of nitrogens with two attached hydrogens (primary N) is 1. The lowest BCUT2D eigenvalue weighted by molar-refractivity contribution is -0.116. The zero-order valence-electron chi connectivity index (χ0n) is 10.5. The van der Waals surface area contributed by atoms with Crippen LogP contribution in [0.3, 0.4) is 0 Å². The van der Waals surface area contributed by atoms with Gasteiger partial charge >= 0.3 is 5.97 Å². The van der Waals surface area contributed by atoms with E-state index in [1.165, 1.54) is 12.3 Å². The van der Waals surface area contributed by atoms with Crippen molar-refractivity contribution in [3.8, 4) is 0 Å². The standard InChI is InChI=1S/C12H17N3O3/c1-8(2)6-15(7-10(13)16)11-9(12(17)18)4-3-5-14-11/h3-5,8H,6-7H2,1-2H3,(H2,13,16)(H,17,18). The van der Waals surface area contributed by atoms with Gasteiger partial charge in [0.15, 0.2) is 0 Å². The molecule has 0 aromatic carbocycles. The Morgan fingerprint density at radius 1 is 1.50 bits per heavy atom. The summed E-state index contributed by atoms with van der Waals surface area (Å²) in [6, 6.07) is 3.00. The van der Waals surface area contributed by atoms with Gasteiger partial charge in [0.25, 0.3) is 0 Å². The van der Waals surface area contributed by atoms with Crippen molar-refractivity contribution < 1.29 is 14.7 Å². The zero-order chi connectivity index (χ0) is 13.7. The van der Waals surface area contributed by atoms with Crippen molar-refractivity contribution in [2.75, 3.05) is 18.0 Å². The Balaban J connectivity index is 3.11. The second kappa shape index (κ2) is 6.00. The molecule has 0 radical (unpaired) electrons. The maximum atomic E-state index is 11.1. The third kappa shape index (κ3) is 3.73. The van der Waals surface area contributed by atoms with Crippen LogP contribution in [0.25, 0.3) is 0 Å². The Hall–Kier alpha value is -2.11. The monoisotopic (exact) mass is 251 g/mol. The Morgan fingerprint density at radius 3 is 2.67 bits per heavy atom. The highest BCUT2D eigenvalue weighted by Gasteiger charge is 2.19. The first kappa shape index (κ1) is 14.0. The molecule has 1 aromatic rings. The van der Waals surface area contributed by atoms with Gasteiger partial charge in [-0.2, -0.15) is 0 Å². The summed E-state index contributed by atoms with van der Waals surface area (Å²) in [4.78, 5) is 27.8. The number of primary amides is 1. The minimum absolute atomic E-state index is 0.0462. The van der Waals surface area contributed by atoms with E-state index in [-0.39, 0.29) is 23.8 Å². The molecule has 0 saturated heterocycles. The molecule has 1 aromatic heterocycles. The summed E-state index contributed by atoms with van der Waals surface area (Å²) in [6.45, 7) is 4.41. The molecule has 0 fully saturated rings. The lowest BCUT2D eigenvalue weighted by atomic mass is 10.1. The van der Waals surface area contributed by atoms with Gasteiger partial charge in [0.1, 0.15) is 11.4 Å². The zero-order valence-corrected chi connectivity index (χ0v) is 10.5. The van der Waals surface area contributed by atoms with Crippen molar-refractivity contribution in [3.63, 3.8) is 0 Å². The lowest BCUT2D eigenvalue weighted by Crippen LogP contribution is -2.37. The molecule has 18 heavy (non-hydrogen) atoms. The fraction of sp³-hybridized carbons (Fsp3) is 0.417. The van der Waals surface area contributed by atoms with Gasteiger partial charge in [-0.15, -0.1) is 0 Å². The highest BCUT2D eigenvalue weighted by atomic mass is 16.4.